The number of fused-ring (bicyclic) bond motifs is 1. The monoisotopic (exact) mass is 469 g/mol. The fourth-order valence-corrected chi connectivity index (χ4v) is 4.63. The fourth-order valence-electron chi connectivity index (χ4n) is 4.63. The quantitative estimate of drug-likeness (QED) is 0.621. The van der Waals surface area contributed by atoms with Crippen LogP contribution in [0.5, 0.6) is 0 Å². The van der Waals surface area contributed by atoms with E-state index in [2.05, 4.69) is 34.5 Å². The smallest absolute Gasteiger partial charge is 0.256 e. The number of para-hydroxylation sites is 1. The van der Waals surface area contributed by atoms with Crippen molar-refractivity contribution in [3.05, 3.63) is 77.5 Å². The van der Waals surface area contributed by atoms with E-state index < -0.39 is 5.54 Å². The highest BCUT2D eigenvalue weighted by molar-refractivity contribution is 6.19. The third-order valence-electron chi connectivity index (χ3n) is 7.25. The van der Waals surface area contributed by atoms with Crippen LogP contribution in [0.3, 0.4) is 0 Å². The Labute approximate surface area is 205 Å². The Morgan fingerprint density at radius 3 is 2.40 bits per heavy atom. The molecule has 0 unspecified atom stereocenters. The molecule has 1 saturated heterocycles. The summed E-state index contributed by atoms with van der Waals surface area (Å²) in [6, 6.07) is 20.0. The number of pyridine rings is 1. The van der Waals surface area contributed by atoms with Gasteiger partial charge in [0.2, 0.25) is 0 Å². The average Bonchev–Trinajstić information content (AvgIpc) is 3.19. The van der Waals surface area contributed by atoms with Crippen molar-refractivity contribution in [3.63, 3.8) is 0 Å². The highest BCUT2D eigenvalue weighted by atomic mass is 16.2. The van der Waals surface area contributed by atoms with E-state index in [4.69, 9.17) is 9.98 Å². The van der Waals surface area contributed by atoms with Gasteiger partial charge in [0.1, 0.15) is 11.2 Å². The molecular weight excluding hydrogens is 438 g/mol. The summed E-state index contributed by atoms with van der Waals surface area (Å²) in [4.78, 5) is 40.4. The second kappa shape index (κ2) is 9.23. The fraction of sp³-hybridized carbons (Fsp3) is 0.357. The first-order valence-corrected chi connectivity index (χ1v) is 12.2. The molecule has 0 bridgehead atoms. The number of nitrogens with one attached hydrogen (secondary N) is 1. The van der Waals surface area contributed by atoms with Crippen LogP contribution in [0.2, 0.25) is 0 Å². The summed E-state index contributed by atoms with van der Waals surface area (Å²) in [6.45, 7) is 9.54. The Balaban J connectivity index is 1.43. The highest BCUT2D eigenvalue weighted by Crippen LogP contribution is 2.28. The minimum Gasteiger partial charge on any atom is -0.336 e. The van der Waals surface area contributed by atoms with Crippen molar-refractivity contribution in [3.8, 4) is 0 Å². The molecule has 3 aromatic rings. The van der Waals surface area contributed by atoms with Crippen molar-refractivity contribution in [2.24, 2.45) is 10.9 Å². The first kappa shape index (κ1) is 23.2. The zero-order valence-corrected chi connectivity index (χ0v) is 20.5. The SMILES string of the molecule is CC(C)[C@]1(C)N=C(c2nc3ccccc3cc2C(=O)N2CCN(Cc3ccccc3)CC2)NC1=O. The average molecular weight is 470 g/mol. The summed E-state index contributed by atoms with van der Waals surface area (Å²) in [7, 11) is 0. The molecule has 1 aromatic heterocycles. The third kappa shape index (κ3) is 4.44. The number of aliphatic imine (C=N–C) groups is 1. The van der Waals surface area contributed by atoms with Gasteiger partial charge in [-0.05, 0) is 30.5 Å². The molecule has 2 aromatic carbocycles. The lowest BCUT2D eigenvalue weighted by atomic mass is 9.89. The van der Waals surface area contributed by atoms with Crippen LogP contribution in [0.25, 0.3) is 10.9 Å². The Morgan fingerprint density at radius 2 is 1.71 bits per heavy atom. The lowest BCUT2D eigenvalue weighted by Gasteiger charge is -2.35. The summed E-state index contributed by atoms with van der Waals surface area (Å²) < 4.78 is 0. The number of rotatable bonds is 5. The molecule has 0 spiro atoms. The standard InChI is InChI=1S/C28H31N5O2/c1-19(2)28(3)27(35)30-25(31-28)24-22(17-21-11-7-8-12-23(21)29-24)26(34)33-15-13-32(14-16-33)18-20-9-5-4-6-10-20/h4-12,17,19H,13-16,18H2,1-3H3,(H,30,31,35)/t28-/m0/s1. The summed E-state index contributed by atoms with van der Waals surface area (Å²) >= 11 is 0. The second-order valence-electron chi connectivity index (χ2n) is 9.85. The van der Waals surface area contributed by atoms with E-state index in [9.17, 15) is 9.59 Å². The van der Waals surface area contributed by atoms with Gasteiger partial charge in [-0.3, -0.25) is 14.5 Å². The van der Waals surface area contributed by atoms with E-state index >= 15 is 0 Å². The summed E-state index contributed by atoms with van der Waals surface area (Å²) in [5.74, 6) is 0.151. The Hall–Kier alpha value is -3.58. The predicted molar refractivity (Wildman–Crippen MR) is 137 cm³/mol. The molecule has 1 atom stereocenters. The van der Waals surface area contributed by atoms with Gasteiger partial charge in [0, 0.05) is 38.1 Å². The molecule has 2 aliphatic rings. The number of hydrogen-bond acceptors (Lipinski definition) is 5. The number of amides is 2. The molecule has 180 valence electrons. The molecule has 2 amide bonds. The molecule has 2 aliphatic heterocycles. The maximum absolute atomic E-state index is 13.8. The molecule has 7 heteroatoms. The van der Waals surface area contributed by atoms with E-state index in [0.29, 0.717) is 30.2 Å². The molecule has 7 nitrogen and oxygen atoms in total. The molecule has 0 saturated carbocycles. The van der Waals surface area contributed by atoms with Crippen LogP contribution in [-0.4, -0.2) is 64.2 Å². The van der Waals surface area contributed by atoms with Crippen LogP contribution in [0.4, 0.5) is 0 Å². The second-order valence-corrected chi connectivity index (χ2v) is 9.85. The van der Waals surface area contributed by atoms with E-state index in [1.165, 1.54) is 5.56 Å². The predicted octanol–water partition coefficient (Wildman–Crippen LogP) is 3.48. The van der Waals surface area contributed by atoms with Gasteiger partial charge in [0.05, 0.1) is 11.1 Å². The lowest BCUT2D eigenvalue weighted by Crippen LogP contribution is -2.48. The van der Waals surface area contributed by atoms with Crippen molar-refractivity contribution in [2.75, 3.05) is 26.2 Å². The molecule has 5 rings (SSSR count). The van der Waals surface area contributed by atoms with Gasteiger partial charge in [0.25, 0.3) is 11.8 Å². The van der Waals surface area contributed by atoms with Crippen molar-refractivity contribution in [1.82, 2.24) is 20.1 Å². The van der Waals surface area contributed by atoms with Gasteiger partial charge in [-0.2, -0.15) is 0 Å². The van der Waals surface area contributed by atoms with Crippen LogP contribution in [0, 0.1) is 5.92 Å². The van der Waals surface area contributed by atoms with Gasteiger partial charge >= 0.3 is 0 Å². The van der Waals surface area contributed by atoms with Crippen LogP contribution in [0.15, 0.2) is 65.7 Å². The number of piperazine rings is 1. The van der Waals surface area contributed by atoms with E-state index in [1.54, 1.807) is 0 Å². The maximum atomic E-state index is 13.8. The first-order valence-electron chi connectivity index (χ1n) is 12.2. The number of carbonyl (C=O) groups excluding carboxylic acids is 2. The number of amidine groups is 1. The van der Waals surface area contributed by atoms with Crippen LogP contribution in [0.1, 0.15) is 42.4 Å². The molecule has 3 heterocycles. The largest absolute Gasteiger partial charge is 0.336 e. The Kier molecular flexibility index (Phi) is 6.11. The first-order chi connectivity index (χ1) is 16.8. The summed E-state index contributed by atoms with van der Waals surface area (Å²) in [6.07, 6.45) is 0. The van der Waals surface area contributed by atoms with Crippen molar-refractivity contribution in [2.45, 2.75) is 32.9 Å². The van der Waals surface area contributed by atoms with Gasteiger partial charge in [-0.25, -0.2) is 9.98 Å². The molecule has 35 heavy (non-hydrogen) atoms. The zero-order chi connectivity index (χ0) is 24.6. The minimum atomic E-state index is -0.883. The number of nitrogens with zero attached hydrogens (tertiary/aromatic N) is 4. The van der Waals surface area contributed by atoms with Crippen LogP contribution in [-0.2, 0) is 11.3 Å². The summed E-state index contributed by atoms with van der Waals surface area (Å²) in [5.41, 5.74) is 2.08. The van der Waals surface area contributed by atoms with Gasteiger partial charge in [0.15, 0.2) is 5.84 Å². The third-order valence-corrected chi connectivity index (χ3v) is 7.25. The minimum absolute atomic E-state index is 0.0114. The Morgan fingerprint density at radius 1 is 1.03 bits per heavy atom. The van der Waals surface area contributed by atoms with Gasteiger partial charge in [-0.15, -0.1) is 0 Å². The Bertz CT molecular complexity index is 1300. The van der Waals surface area contributed by atoms with E-state index in [1.807, 2.05) is 62.1 Å². The highest BCUT2D eigenvalue weighted by Gasteiger charge is 2.43. The van der Waals surface area contributed by atoms with E-state index in [0.717, 1.165) is 30.5 Å². The molecule has 0 aliphatic carbocycles. The molecule has 1 fully saturated rings. The van der Waals surface area contributed by atoms with Crippen LogP contribution >= 0.6 is 0 Å². The normalized spacial score (nSPS) is 20.9. The van der Waals surface area contributed by atoms with Crippen molar-refractivity contribution < 1.29 is 9.59 Å². The molecule has 0 radical (unpaired) electrons. The van der Waals surface area contributed by atoms with Gasteiger partial charge < -0.3 is 10.2 Å². The summed E-state index contributed by atoms with van der Waals surface area (Å²) in [5, 5.41) is 3.80. The van der Waals surface area contributed by atoms with Gasteiger partial charge in [-0.1, -0.05) is 62.4 Å². The topological polar surface area (TPSA) is 77.9 Å². The number of benzene rings is 2. The zero-order valence-electron chi connectivity index (χ0n) is 20.5. The maximum Gasteiger partial charge on any atom is 0.256 e. The number of aromatic nitrogens is 1. The number of carbonyl (C=O) groups is 2. The van der Waals surface area contributed by atoms with Crippen molar-refractivity contribution in [1.29, 1.82) is 0 Å². The number of hydrogen-bond donors (Lipinski definition) is 1. The molecule has 1 N–H and O–H groups in total. The molecular formula is C28H31N5O2. The van der Waals surface area contributed by atoms with E-state index in [-0.39, 0.29) is 17.7 Å². The van der Waals surface area contributed by atoms with Crippen LogP contribution < -0.4 is 5.32 Å². The lowest BCUT2D eigenvalue weighted by molar-refractivity contribution is -0.124. The van der Waals surface area contributed by atoms with Crippen molar-refractivity contribution >= 4 is 28.6 Å².